The molecule has 0 aliphatic heterocycles. The molecule has 0 unspecified atom stereocenters. The fourth-order valence-corrected chi connectivity index (χ4v) is 0.990. The summed E-state index contributed by atoms with van der Waals surface area (Å²) in [5, 5.41) is 15.3. The van der Waals surface area contributed by atoms with Gasteiger partial charge in [-0.2, -0.15) is 5.10 Å². The van der Waals surface area contributed by atoms with Gasteiger partial charge in [-0.05, 0) is 12.1 Å². The summed E-state index contributed by atoms with van der Waals surface area (Å²) in [5.41, 5.74) is 0.832. The third-order valence-electron chi connectivity index (χ3n) is 1.60. The Labute approximate surface area is 74.5 Å². The highest BCUT2D eigenvalue weighted by Gasteiger charge is 2.03. The number of aromatic nitrogens is 4. The molecule has 0 saturated carbocycles. The number of aromatic amines is 1. The lowest BCUT2D eigenvalue weighted by atomic mass is 10.3. The number of rotatable bonds is 2. The molecule has 0 amide bonds. The molecule has 2 heterocycles. The molecule has 5 nitrogen and oxygen atoms in total. The first kappa shape index (κ1) is 7.88. The van der Waals surface area contributed by atoms with E-state index in [0.29, 0.717) is 11.6 Å². The van der Waals surface area contributed by atoms with Gasteiger partial charge in [-0.15, -0.1) is 0 Å². The van der Waals surface area contributed by atoms with Gasteiger partial charge in [0.2, 0.25) is 0 Å². The third-order valence-corrected chi connectivity index (χ3v) is 1.60. The van der Waals surface area contributed by atoms with E-state index in [9.17, 15) is 0 Å². The first-order valence-corrected chi connectivity index (χ1v) is 3.82. The van der Waals surface area contributed by atoms with Gasteiger partial charge in [0.15, 0.2) is 11.6 Å². The number of nitrogens with zero attached hydrogens (tertiary/aromatic N) is 3. The van der Waals surface area contributed by atoms with E-state index in [1.807, 2.05) is 12.1 Å². The summed E-state index contributed by atoms with van der Waals surface area (Å²) >= 11 is 0. The van der Waals surface area contributed by atoms with Crippen LogP contribution in [0.15, 0.2) is 24.5 Å². The Bertz CT molecular complexity index is 384. The second kappa shape index (κ2) is 3.32. The number of aliphatic hydroxyl groups excluding tert-OH is 1. The minimum absolute atomic E-state index is 0.132. The molecule has 0 aliphatic rings. The van der Waals surface area contributed by atoms with Crippen molar-refractivity contribution in [2.75, 3.05) is 0 Å². The molecule has 2 aromatic rings. The van der Waals surface area contributed by atoms with Crippen molar-refractivity contribution in [2.24, 2.45) is 0 Å². The van der Waals surface area contributed by atoms with Gasteiger partial charge < -0.3 is 5.11 Å². The molecule has 2 N–H and O–H groups in total. The second-order valence-electron chi connectivity index (χ2n) is 2.51. The van der Waals surface area contributed by atoms with Crippen LogP contribution in [0.2, 0.25) is 0 Å². The molecule has 2 rings (SSSR count). The number of pyridine rings is 1. The predicted octanol–water partition coefficient (Wildman–Crippen LogP) is 0.359. The van der Waals surface area contributed by atoms with E-state index in [4.69, 9.17) is 5.11 Å². The zero-order valence-electron chi connectivity index (χ0n) is 6.81. The highest BCUT2D eigenvalue weighted by atomic mass is 16.3. The minimum Gasteiger partial charge on any atom is -0.388 e. The molecule has 0 atom stereocenters. The molecular formula is C8H8N4O. The van der Waals surface area contributed by atoms with Crippen LogP contribution in [-0.4, -0.2) is 25.3 Å². The van der Waals surface area contributed by atoms with Crippen molar-refractivity contribution in [2.45, 2.75) is 6.61 Å². The Hall–Kier alpha value is -1.75. The summed E-state index contributed by atoms with van der Waals surface area (Å²) in [5.74, 6) is 1.01. The Morgan fingerprint density at radius 3 is 3.00 bits per heavy atom. The smallest absolute Gasteiger partial charge is 0.182 e. The number of aliphatic hydroxyl groups is 1. The van der Waals surface area contributed by atoms with Crippen LogP contribution in [0.3, 0.4) is 0 Å². The standard InChI is InChI=1S/C8H8N4O/c13-5-7-10-8(12-11-7)6-2-1-3-9-4-6/h1-4,13H,5H2,(H,10,11,12). The molecule has 0 saturated heterocycles. The molecule has 0 aromatic carbocycles. The number of hydrogen-bond acceptors (Lipinski definition) is 4. The number of nitrogens with one attached hydrogen (secondary N) is 1. The molecule has 0 spiro atoms. The molecule has 5 heteroatoms. The Morgan fingerprint density at radius 1 is 1.46 bits per heavy atom. The first-order valence-electron chi connectivity index (χ1n) is 3.82. The molecular weight excluding hydrogens is 168 g/mol. The lowest BCUT2D eigenvalue weighted by Crippen LogP contribution is -1.84. The van der Waals surface area contributed by atoms with Gasteiger partial charge in [-0.1, -0.05) is 0 Å². The average Bonchev–Trinajstić information content (AvgIpc) is 2.67. The van der Waals surface area contributed by atoms with E-state index in [2.05, 4.69) is 20.2 Å². The maximum absolute atomic E-state index is 8.75. The maximum atomic E-state index is 8.75. The Balaban J connectivity index is 2.36. The summed E-state index contributed by atoms with van der Waals surface area (Å²) in [4.78, 5) is 7.98. The quantitative estimate of drug-likeness (QED) is 0.692. The molecule has 66 valence electrons. The zero-order valence-corrected chi connectivity index (χ0v) is 6.81. The summed E-state index contributed by atoms with van der Waals surface area (Å²) in [6, 6.07) is 3.67. The normalized spacial score (nSPS) is 10.2. The summed E-state index contributed by atoms with van der Waals surface area (Å²) in [6.45, 7) is -0.132. The van der Waals surface area contributed by atoms with Gasteiger partial charge in [-0.3, -0.25) is 10.1 Å². The van der Waals surface area contributed by atoms with Crippen LogP contribution in [0, 0.1) is 0 Å². The average molecular weight is 176 g/mol. The van der Waals surface area contributed by atoms with Crippen molar-refractivity contribution in [1.29, 1.82) is 0 Å². The van der Waals surface area contributed by atoms with E-state index in [-0.39, 0.29) is 6.61 Å². The molecule has 0 fully saturated rings. The highest BCUT2D eigenvalue weighted by Crippen LogP contribution is 2.11. The monoisotopic (exact) mass is 176 g/mol. The summed E-state index contributed by atoms with van der Waals surface area (Å²) in [6.07, 6.45) is 3.35. The van der Waals surface area contributed by atoms with Gasteiger partial charge in [0.25, 0.3) is 0 Å². The van der Waals surface area contributed by atoms with E-state index < -0.39 is 0 Å². The fourth-order valence-electron chi connectivity index (χ4n) is 0.990. The van der Waals surface area contributed by atoms with E-state index in [1.54, 1.807) is 12.4 Å². The van der Waals surface area contributed by atoms with Crippen molar-refractivity contribution in [1.82, 2.24) is 20.2 Å². The van der Waals surface area contributed by atoms with Crippen molar-refractivity contribution >= 4 is 0 Å². The Morgan fingerprint density at radius 2 is 2.38 bits per heavy atom. The molecule has 13 heavy (non-hydrogen) atoms. The van der Waals surface area contributed by atoms with E-state index in [0.717, 1.165) is 5.56 Å². The molecule has 0 radical (unpaired) electrons. The zero-order chi connectivity index (χ0) is 9.10. The SMILES string of the molecule is OCc1nc(-c2cccnc2)n[nH]1. The van der Waals surface area contributed by atoms with E-state index >= 15 is 0 Å². The van der Waals surface area contributed by atoms with Crippen molar-refractivity contribution in [3.8, 4) is 11.4 Å². The van der Waals surface area contributed by atoms with Gasteiger partial charge in [0.1, 0.15) is 6.61 Å². The topological polar surface area (TPSA) is 74.7 Å². The molecule has 0 bridgehead atoms. The lowest BCUT2D eigenvalue weighted by molar-refractivity contribution is 0.272. The van der Waals surface area contributed by atoms with Gasteiger partial charge in [0.05, 0.1) is 0 Å². The van der Waals surface area contributed by atoms with Crippen LogP contribution >= 0.6 is 0 Å². The number of H-pyrrole nitrogens is 1. The van der Waals surface area contributed by atoms with Crippen LogP contribution in [0.5, 0.6) is 0 Å². The second-order valence-corrected chi connectivity index (χ2v) is 2.51. The van der Waals surface area contributed by atoms with Crippen molar-refractivity contribution < 1.29 is 5.11 Å². The van der Waals surface area contributed by atoms with Crippen LogP contribution in [0.25, 0.3) is 11.4 Å². The highest BCUT2D eigenvalue weighted by molar-refractivity contribution is 5.52. The van der Waals surface area contributed by atoms with Crippen LogP contribution in [0.1, 0.15) is 5.82 Å². The van der Waals surface area contributed by atoms with Crippen LogP contribution < -0.4 is 0 Å². The van der Waals surface area contributed by atoms with Gasteiger partial charge in [-0.25, -0.2) is 4.98 Å². The molecule has 0 aliphatic carbocycles. The van der Waals surface area contributed by atoms with E-state index in [1.165, 1.54) is 0 Å². The maximum Gasteiger partial charge on any atom is 0.182 e. The van der Waals surface area contributed by atoms with Gasteiger partial charge in [0, 0.05) is 18.0 Å². The van der Waals surface area contributed by atoms with Gasteiger partial charge >= 0.3 is 0 Å². The first-order chi connectivity index (χ1) is 6.40. The number of hydrogen-bond donors (Lipinski definition) is 2. The van der Waals surface area contributed by atoms with Crippen LogP contribution in [0.4, 0.5) is 0 Å². The van der Waals surface area contributed by atoms with Crippen molar-refractivity contribution in [3.63, 3.8) is 0 Å². The lowest BCUT2D eigenvalue weighted by Gasteiger charge is -1.90. The minimum atomic E-state index is -0.132. The summed E-state index contributed by atoms with van der Waals surface area (Å²) < 4.78 is 0. The Kier molecular flexibility index (Phi) is 2.01. The third kappa shape index (κ3) is 1.54. The van der Waals surface area contributed by atoms with Crippen molar-refractivity contribution in [3.05, 3.63) is 30.4 Å². The largest absolute Gasteiger partial charge is 0.388 e. The van der Waals surface area contributed by atoms with Crippen LogP contribution in [-0.2, 0) is 6.61 Å². The summed E-state index contributed by atoms with van der Waals surface area (Å²) in [7, 11) is 0. The molecule has 2 aromatic heterocycles. The predicted molar refractivity (Wildman–Crippen MR) is 45.5 cm³/mol. The fraction of sp³-hybridized carbons (Fsp3) is 0.125.